The number of nitrogens with zero attached hydrogens (tertiary/aromatic N) is 2. The van der Waals surface area contributed by atoms with Crippen molar-refractivity contribution < 1.29 is 39.0 Å². The molecule has 0 spiro atoms. The number of nitrogens with one attached hydrogen (secondary N) is 2. The zero-order valence-electron chi connectivity index (χ0n) is 37.3. The number of likely N-dealkylation sites (N-methyl/N-ethyl adjacent to an activating group) is 2. The lowest BCUT2D eigenvalue weighted by molar-refractivity contribution is -0.155. The number of hydrogen-bond donors (Lipinski definition) is 4. The van der Waals surface area contributed by atoms with E-state index in [1.165, 1.54) is 0 Å². The molecule has 4 amide bonds. The SMILES string of the molecule is CCNC(=O)[C@@H](CC)N1C(=O)[C@@H](CC(=O)O)C[C@H](c2cccc(Cl)c2)C1c1ccc(Cl)cc1.CCNC(=O)[C@H](CC)N1C(=O)[C@@H](CC(=O)O)C[C@H](c2cccc(Cl)c2)C1c1ccc(Cl)cc1. The van der Waals surface area contributed by atoms with Crippen molar-refractivity contribution in [2.24, 2.45) is 11.8 Å². The predicted molar refractivity (Wildman–Crippen MR) is 257 cm³/mol. The minimum Gasteiger partial charge on any atom is -0.481 e. The maximum atomic E-state index is 13.7. The van der Waals surface area contributed by atoms with Crippen molar-refractivity contribution in [3.8, 4) is 0 Å². The zero-order valence-corrected chi connectivity index (χ0v) is 40.3. The highest BCUT2D eigenvalue weighted by molar-refractivity contribution is 6.31. The fourth-order valence-electron chi connectivity index (χ4n) is 9.43. The highest BCUT2D eigenvalue weighted by Gasteiger charge is 2.49. The molecule has 0 saturated carbocycles. The lowest BCUT2D eigenvalue weighted by atomic mass is 9.74. The van der Waals surface area contributed by atoms with Crippen molar-refractivity contribution in [2.75, 3.05) is 13.1 Å². The van der Waals surface area contributed by atoms with Gasteiger partial charge in [-0.15, -0.1) is 0 Å². The molecule has 8 atom stereocenters. The van der Waals surface area contributed by atoms with Crippen LogP contribution in [-0.4, -0.2) is 80.8 Å². The van der Waals surface area contributed by atoms with Gasteiger partial charge in [-0.3, -0.25) is 28.8 Å². The van der Waals surface area contributed by atoms with Gasteiger partial charge in [0, 0.05) is 56.9 Å². The van der Waals surface area contributed by atoms with Crippen LogP contribution in [0.4, 0.5) is 0 Å². The van der Waals surface area contributed by atoms with Crippen molar-refractivity contribution in [1.82, 2.24) is 20.4 Å². The van der Waals surface area contributed by atoms with Gasteiger partial charge in [-0.25, -0.2) is 0 Å². The van der Waals surface area contributed by atoms with Gasteiger partial charge in [-0.2, -0.15) is 0 Å². The Morgan fingerprint density at radius 2 is 0.894 bits per heavy atom. The van der Waals surface area contributed by atoms with Crippen LogP contribution in [-0.2, 0) is 28.8 Å². The first-order valence-corrected chi connectivity index (χ1v) is 23.7. The average Bonchev–Trinajstić information content (AvgIpc) is 3.27. The first-order valence-electron chi connectivity index (χ1n) is 22.2. The quantitative estimate of drug-likeness (QED) is 0.0859. The third-order valence-corrected chi connectivity index (χ3v) is 13.2. The van der Waals surface area contributed by atoms with Gasteiger partial charge in [0.05, 0.1) is 24.9 Å². The molecule has 2 saturated heterocycles. The lowest BCUT2D eigenvalue weighted by Gasteiger charge is -2.47. The molecule has 4 N–H and O–H groups in total. The smallest absolute Gasteiger partial charge is 0.304 e. The van der Waals surface area contributed by atoms with Crippen LogP contribution in [0.1, 0.15) is 112 Å². The number of likely N-dealkylation sites (tertiary alicyclic amines) is 2. The molecule has 2 heterocycles. The van der Waals surface area contributed by atoms with Gasteiger partial charge in [-0.1, -0.05) is 109 Å². The van der Waals surface area contributed by atoms with Gasteiger partial charge in [0.2, 0.25) is 23.6 Å². The molecule has 4 aromatic carbocycles. The number of benzene rings is 4. The third-order valence-electron chi connectivity index (χ3n) is 12.2. The molecule has 66 heavy (non-hydrogen) atoms. The minimum absolute atomic E-state index is 0.254. The van der Waals surface area contributed by atoms with Crippen molar-refractivity contribution in [2.45, 2.75) is 102 Å². The summed E-state index contributed by atoms with van der Waals surface area (Å²) in [4.78, 5) is 79.8. The second kappa shape index (κ2) is 24.1. The van der Waals surface area contributed by atoms with Crippen molar-refractivity contribution in [1.29, 1.82) is 0 Å². The van der Waals surface area contributed by atoms with Crippen LogP contribution >= 0.6 is 46.4 Å². The van der Waals surface area contributed by atoms with Crippen LogP contribution < -0.4 is 10.6 Å². The molecular weight excluding hydrogens is 926 g/mol. The summed E-state index contributed by atoms with van der Waals surface area (Å²) < 4.78 is 0. The molecule has 16 heteroatoms. The van der Waals surface area contributed by atoms with Crippen LogP contribution in [0, 0.1) is 11.8 Å². The Morgan fingerprint density at radius 3 is 1.18 bits per heavy atom. The molecule has 2 fully saturated rings. The number of carbonyl (C=O) groups is 6. The molecule has 2 unspecified atom stereocenters. The topological polar surface area (TPSA) is 173 Å². The fraction of sp³-hybridized carbons (Fsp3) is 0.400. The summed E-state index contributed by atoms with van der Waals surface area (Å²) in [7, 11) is 0. The van der Waals surface area contributed by atoms with Gasteiger partial charge < -0.3 is 30.6 Å². The molecule has 4 aromatic rings. The van der Waals surface area contributed by atoms with Crippen molar-refractivity contribution in [3.63, 3.8) is 0 Å². The van der Waals surface area contributed by atoms with Crippen LogP contribution in [0.5, 0.6) is 0 Å². The van der Waals surface area contributed by atoms with Crippen LogP contribution in [0.15, 0.2) is 97.1 Å². The lowest BCUT2D eigenvalue weighted by Crippen LogP contribution is -2.56. The maximum absolute atomic E-state index is 13.7. The Balaban J connectivity index is 0.000000247. The first kappa shape index (κ1) is 51.8. The standard InChI is InChI=1S/2C25H28Cl2N2O4/c2*1-3-21(24(32)28-4-2)29-23(15-8-10-18(26)11-9-15)20(16-6-5-7-19(27)12-16)13-17(25(29)33)14-22(30)31/h2*5-12,17,20-21,23H,3-4,13-14H2,1-2H3,(H,28,32)(H,30,31)/t17-,20-,21+,23?;17-,20-,21-,23?/m11/s1. The number of hydrogen-bond acceptors (Lipinski definition) is 6. The van der Waals surface area contributed by atoms with Gasteiger partial charge in [-0.05, 0) is 110 Å². The highest BCUT2D eigenvalue weighted by atomic mass is 35.5. The molecule has 6 rings (SSSR count). The van der Waals surface area contributed by atoms with E-state index in [4.69, 9.17) is 46.4 Å². The number of carboxylic acids is 2. The predicted octanol–water partition coefficient (Wildman–Crippen LogP) is 10.1. The summed E-state index contributed by atoms with van der Waals surface area (Å²) in [6.07, 6.45) is 0.854. The Labute approximate surface area is 405 Å². The molecule has 2 aliphatic heterocycles. The average molecular weight is 983 g/mol. The minimum atomic E-state index is -1.05. The number of aliphatic carboxylic acids is 2. The molecule has 0 aliphatic carbocycles. The summed E-state index contributed by atoms with van der Waals surface area (Å²) in [5, 5.41) is 26.8. The molecular formula is C50H56Cl4N4O8. The second-order valence-electron chi connectivity index (χ2n) is 16.5. The van der Waals surface area contributed by atoms with E-state index < -0.39 is 47.9 Å². The van der Waals surface area contributed by atoms with E-state index in [9.17, 15) is 39.0 Å². The van der Waals surface area contributed by atoms with Gasteiger partial charge in [0.25, 0.3) is 0 Å². The summed E-state index contributed by atoms with van der Waals surface area (Å²) >= 11 is 24.8. The van der Waals surface area contributed by atoms with E-state index in [0.29, 0.717) is 58.9 Å². The Bertz CT molecular complexity index is 2190. The molecule has 2 aliphatic rings. The Morgan fingerprint density at radius 1 is 0.545 bits per heavy atom. The van der Waals surface area contributed by atoms with E-state index in [1.54, 1.807) is 46.2 Å². The van der Waals surface area contributed by atoms with Gasteiger partial charge in [0.15, 0.2) is 0 Å². The van der Waals surface area contributed by atoms with E-state index in [2.05, 4.69) is 10.6 Å². The number of carbonyl (C=O) groups excluding carboxylic acids is 4. The number of rotatable bonds is 16. The second-order valence-corrected chi connectivity index (χ2v) is 18.3. The summed E-state index contributed by atoms with van der Waals surface area (Å²) in [6, 6.07) is 26.8. The highest BCUT2D eigenvalue weighted by Crippen LogP contribution is 2.49. The summed E-state index contributed by atoms with van der Waals surface area (Å²) in [5.74, 6) is -5.27. The molecule has 0 bridgehead atoms. The summed E-state index contributed by atoms with van der Waals surface area (Å²) in [5.41, 5.74) is 3.44. The normalized spacial score (nSPS) is 21.5. The van der Waals surface area contributed by atoms with E-state index in [-0.39, 0.29) is 48.3 Å². The molecule has 12 nitrogen and oxygen atoms in total. The van der Waals surface area contributed by atoms with E-state index >= 15 is 0 Å². The van der Waals surface area contributed by atoms with E-state index in [0.717, 1.165) is 22.3 Å². The summed E-state index contributed by atoms with van der Waals surface area (Å²) in [6.45, 7) is 8.20. The zero-order chi connectivity index (χ0) is 48.2. The largest absolute Gasteiger partial charge is 0.481 e. The monoisotopic (exact) mass is 980 g/mol. The third kappa shape index (κ3) is 12.6. The molecule has 0 aromatic heterocycles. The van der Waals surface area contributed by atoms with E-state index in [1.807, 2.05) is 88.4 Å². The number of carboxylic acid groups (broad SMARTS) is 2. The van der Waals surface area contributed by atoms with Gasteiger partial charge >= 0.3 is 11.9 Å². The van der Waals surface area contributed by atoms with Crippen LogP contribution in [0.25, 0.3) is 0 Å². The van der Waals surface area contributed by atoms with Crippen LogP contribution in [0.3, 0.4) is 0 Å². The Hall–Kier alpha value is -5.14. The number of halogens is 4. The maximum Gasteiger partial charge on any atom is 0.304 e. The Kier molecular flexibility index (Phi) is 18.9. The first-order chi connectivity index (χ1) is 31.5. The molecule has 352 valence electrons. The van der Waals surface area contributed by atoms with Crippen molar-refractivity contribution >= 4 is 82.0 Å². The molecule has 0 radical (unpaired) electrons. The van der Waals surface area contributed by atoms with Crippen LogP contribution in [0.2, 0.25) is 20.1 Å². The van der Waals surface area contributed by atoms with Gasteiger partial charge in [0.1, 0.15) is 12.1 Å². The fourth-order valence-corrected chi connectivity index (χ4v) is 10.1. The number of piperidine rings is 2. The van der Waals surface area contributed by atoms with Crippen molar-refractivity contribution in [3.05, 3.63) is 139 Å². The number of amides is 4.